The highest BCUT2D eigenvalue weighted by Gasteiger charge is 2.51. The van der Waals surface area contributed by atoms with E-state index >= 15 is 0 Å². The molecule has 1 aliphatic heterocycles. The third-order valence-electron chi connectivity index (χ3n) is 5.31. The Morgan fingerprint density at radius 3 is 2.38 bits per heavy atom. The Balaban J connectivity index is 1.87. The molecular formula is C22H26BNO2. The van der Waals surface area contributed by atoms with Crippen LogP contribution in [0.1, 0.15) is 33.4 Å². The number of fused-ring (bicyclic) bond motifs is 1. The quantitative estimate of drug-likeness (QED) is 0.594. The number of hydrogen-bond donors (Lipinski definition) is 0. The third kappa shape index (κ3) is 3.53. The standard InChI is InChI=1S/C22H26BNO2/c1-7-9-16(8-2)12-20-14-17-10-11-19(13-18(17)15-24-20)23-25-21(3,4)22(5,6)26-23/h7-11,13-15H,1-2,12H2,3-6H3/b16-9+. The molecule has 26 heavy (non-hydrogen) atoms. The molecule has 134 valence electrons. The average Bonchev–Trinajstić information content (AvgIpc) is 2.81. The number of benzene rings is 1. The molecule has 0 bridgehead atoms. The van der Waals surface area contributed by atoms with Crippen LogP contribution in [-0.4, -0.2) is 23.3 Å². The van der Waals surface area contributed by atoms with E-state index in [1.165, 1.54) is 0 Å². The smallest absolute Gasteiger partial charge is 0.399 e. The van der Waals surface area contributed by atoms with Crippen LogP contribution in [0.25, 0.3) is 10.8 Å². The van der Waals surface area contributed by atoms with E-state index in [0.717, 1.165) is 33.9 Å². The number of hydrogen-bond acceptors (Lipinski definition) is 3. The van der Waals surface area contributed by atoms with Crippen LogP contribution in [0.15, 0.2) is 67.4 Å². The minimum absolute atomic E-state index is 0.340. The molecule has 1 aromatic heterocycles. The van der Waals surface area contributed by atoms with Crippen molar-refractivity contribution in [2.75, 3.05) is 0 Å². The van der Waals surface area contributed by atoms with Gasteiger partial charge in [-0.05, 0) is 55.6 Å². The molecule has 0 amide bonds. The molecule has 1 saturated heterocycles. The monoisotopic (exact) mass is 347 g/mol. The lowest BCUT2D eigenvalue weighted by atomic mass is 9.78. The van der Waals surface area contributed by atoms with Gasteiger partial charge in [0.2, 0.25) is 0 Å². The van der Waals surface area contributed by atoms with E-state index in [1.807, 2.05) is 18.3 Å². The predicted molar refractivity (Wildman–Crippen MR) is 110 cm³/mol. The predicted octanol–water partition coefficient (Wildman–Crippen LogP) is 4.37. The van der Waals surface area contributed by atoms with Crippen molar-refractivity contribution in [3.8, 4) is 0 Å². The molecule has 1 aromatic carbocycles. The number of rotatable bonds is 5. The van der Waals surface area contributed by atoms with Gasteiger partial charge in [-0.2, -0.15) is 0 Å². The largest absolute Gasteiger partial charge is 0.494 e. The van der Waals surface area contributed by atoms with E-state index in [0.29, 0.717) is 0 Å². The van der Waals surface area contributed by atoms with Crippen LogP contribution >= 0.6 is 0 Å². The Morgan fingerprint density at radius 1 is 1.08 bits per heavy atom. The molecule has 0 saturated carbocycles. The van der Waals surface area contributed by atoms with Crippen LogP contribution < -0.4 is 5.46 Å². The molecular weight excluding hydrogens is 321 g/mol. The fourth-order valence-corrected chi connectivity index (χ4v) is 2.99. The second kappa shape index (κ2) is 6.86. The zero-order valence-electron chi connectivity index (χ0n) is 16.1. The van der Waals surface area contributed by atoms with Crippen LogP contribution in [-0.2, 0) is 15.7 Å². The average molecular weight is 347 g/mol. The minimum atomic E-state index is -0.355. The van der Waals surface area contributed by atoms with E-state index in [9.17, 15) is 0 Å². The maximum Gasteiger partial charge on any atom is 0.494 e. The fraction of sp³-hybridized carbons (Fsp3) is 0.318. The normalized spacial score (nSPS) is 18.9. The molecule has 2 aromatic rings. The first-order valence-electron chi connectivity index (χ1n) is 8.94. The molecule has 0 atom stereocenters. The summed E-state index contributed by atoms with van der Waals surface area (Å²) in [6, 6.07) is 8.39. The van der Waals surface area contributed by atoms with E-state index in [1.54, 1.807) is 6.08 Å². The number of pyridine rings is 1. The summed E-state index contributed by atoms with van der Waals surface area (Å²) in [6.07, 6.45) is 8.22. The third-order valence-corrected chi connectivity index (χ3v) is 5.31. The van der Waals surface area contributed by atoms with E-state index < -0.39 is 0 Å². The molecule has 0 spiro atoms. The van der Waals surface area contributed by atoms with Crippen molar-refractivity contribution < 1.29 is 9.31 Å². The van der Waals surface area contributed by atoms with Crippen LogP contribution in [0.4, 0.5) is 0 Å². The van der Waals surface area contributed by atoms with Gasteiger partial charge in [0.25, 0.3) is 0 Å². The number of nitrogens with zero attached hydrogens (tertiary/aromatic N) is 1. The van der Waals surface area contributed by atoms with Crippen molar-refractivity contribution in [1.82, 2.24) is 4.98 Å². The lowest BCUT2D eigenvalue weighted by Gasteiger charge is -2.32. The van der Waals surface area contributed by atoms with Crippen molar-refractivity contribution in [3.05, 3.63) is 73.1 Å². The lowest BCUT2D eigenvalue weighted by Crippen LogP contribution is -2.41. The molecule has 1 fully saturated rings. The van der Waals surface area contributed by atoms with E-state index in [-0.39, 0.29) is 18.3 Å². The second-order valence-electron chi connectivity index (χ2n) is 7.73. The van der Waals surface area contributed by atoms with Crippen LogP contribution in [0.5, 0.6) is 0 Å². The summed E-state index contributed by atoms with van der Waals surface area (Å²) in [6.45, 7) is 15.8. The molecule has 1 aliphatic rings. The van der Waals surface area contributed by atoms with Crippen LogP contribution in [0.2, 0.25) is 0 Å². The fourth-order valence-electron chi connectivity index (χ4n) is 2.99. The van der Waals surface area contributed by atoms with Crippen molar-refractivity contribution >= 4 is 23.4 Å². The SMILES string of the molecule is C=C/C=C(\C=C)Cc1cc2ccc(B3OC(C)(C)C(C)(C)O3)cc2cn1. The maximum absolute atomic E-state index is 6.15. The van der Waals surface area contributed by atoms with Crippen LogP contribution in [0, 0.1) is 0 Å². The van der Waals surface area contributed by atoms with Gasteiger partial charge in [-0.25, -0.2) is 0 Å². The molecule has 0 aliphatic carbocycles. The van der Waals surface area contributed by atoms with Gasteiger partial charge in [0.1, 0.15) is 0 Å². The molecule has 0 N–H and O–H groups in total. The minimum Gasteiger partial charge on any atom is -0.399 e. The molecule has 0 unspecified atom stereocenters. The van der Waals surface area contributed by atoms with E-state index in [2.05, 4.69) is 70.1 Å². The lowest BCUT2D eigenvalue weighted by molar-refractivity contribution is 0.00578. The molecule has 0 radical (unpaired) electrons. The molecule has 3 rings (SSSR count). The molecule has 4 heteroatoms. The van der Waals surface area contributed by atoms with Gasteiger partial charge in [0.05, 0.1) is 11.2 Å². The van der Waals surface area contributed by atoms with Gasteiger partial charge < -0.3 is 9.31 Å². The van der Waals surface area contributed by atoms with Gasteiger partial charge in [0, 0.05) is 18.3 Å². The van der Waals surface area contributed by atoms with Crippen molar-refractivity contribution in [3.63, 3.8) is 0 Å². The van der Waals surface area contributed by atoms with Gasteiger partial charge in [0.15, 0.2) is 0 Å². The zero-order chi connectivity index (χ0) is 18.9. The maximum atomic E-state index is 6.15. The Hall–Kier alpha value is -2.17. The summed E-state index contributed by atoms with van der Waals surface area (Å²) < 4.78 is 12.3. The molecule has 2 heterocycles. The summed E-state index contributed by atoms with van der Waals surface area (Å²) in [5, 5.41) is 2.23. The number of aromatic nitrogens is 1. The van der Waals surface area contributed by atoms with Crippen molar-refractivity contribution in [2.24, 2.45) is 0 Å². The highest BCUT2D eigenvalue weighted by atomic mass is 16.7. The van der Waals surface area contributed by atoms with Crippen molar-refractivity contribution in [1.29, 1.82) is 0 Å². The summed E-state index contributed by atoms with van der Waals surface area (Å²) in [5.41, 5.74) is 2.44. The zero-order valence-corrected chi connectivity index (χ0v) is 16.1. The summed E-state index contributed by atoms with van der Waals surface area (Å²) >= 11 is 0. The first kappa shape index (κ1) is 18.6. The van der Waals surface area contributed by atoms with Gasteiger partial charge in [-0.1, -0.05) is 49.6 Å². The summed E-state index contributed by atoms with van der Waals surface area (Å²) in [5.74, 6) is 0. The Bertz CT molecular complexity index is 867. The van der Waals surface area contributed by atoms with E-state index in [4.69, 9.17) is 9.31 Å². The highest BCUT2D eigenvalue weighted by Crippen LogP contribution is 2.36. The Morgan fingerprint density at radius 2 is 1.77 bits per heavy atom. The Labute approximate surface area is 156 Å². The van der Waals surface area contributed by atoms with Crippen LogP contribution in [0.3, 0.4) is 0 Å². The highest BCUT2D eigenvalue weighted by molar-refractivity contribution is 6.62. The number of allylic oxidation sites excluding steroid dienone is 4. The molecule has 3 nitrogen and oxygen atoms in total. The van der Waals surface area contributed by atoms with Gasteiger partial charge in [-0.3, -0.25) is 4.98 Å². The van der Waals surface area contributed by atoms with Gasteiger partial charge in [-0.15, -0.1) is 0 Å². The summed E-state index contributed by atoms with van der Waals surface area (Å²) in [4.78, 5) is 4.60. The summed E-state index contributed by atoms with van der Waals surface area (Å²) in [7, 11) is -0.355. The van der Waals surface area contributed by atoms with Crippen molar-refractivity contribution in [2.45, 2.75) is 45.3 Å². The Kier molecular flexibility index (Phi) is 4.91. The first-order valence-corrected chi connectivity index (χ1v) is 8.94. The topological polar surface area (TPSA) is 31.4 Å². The first-order chi connectivity index (χ1) is 12.3. The second-order valence-corrected chi connectivity index (χ2v) is 7.73. The van der Waals surface area contributed by atoms with Gasteiger partial charge >= 0.3 is 7.12 Å².